The van der Waals surface area contributed by atoms with E-state index in [9.17, 15) is 0 Å². The van der Waals surface area contributed by atoms with Gasteiger partial charge in [-0.2, -0.15) is 0 Å². The highest BCUT2D eigenvalue weighted by Gasteiger charge is 2.17. The van der Waals surface area contributed by atoms with Gasteiger partial charge in [0.15, 0.2) is 0 Å². The molecule has 0 atom stereocenters. The molecule has 0 aliphatic heterocycles. The fourth-order valence-electron chi connectivity index (χ4n) is 7.46. The van der Waals surface area contributed by atoms with E-state index in [0.29, 0.717) is 0 Å². The van der Waals surface area contributed by atoms with Crippen molar-refractivity contribution in [3.8, 4) is 22.3 Å². The van der Waals surface area contributed by atoms with Gasteiger partial charge in [-0.05, 0) is 100 Å². The maximum Gasteiger partial charge on any atom is 0.136 e. The van der Waals surface area contributed by atoms with Crippen LogP contribution in [0.2, 0.25) is 0 Å². The van der Waals surface area contributed by atoms with Crippen molar-refractivity contribution in [2.75, 3.05) is 0 Å². The van der Waals surface area contributed by atoms with Crippen LogP contribution >= 0.6 is 0 Å². The van der Waals surface area contributed by atoms with E-state index in [1.165, 1.54) is 76.1 Å². The van der Waals surface area contributed by atoms with Gasteiger partial charge in [-0.3, -0.25) is 0 Å². The van der Waals surface area contributed by atoms with Gasteiger partial charge >= 0.3 is 0 Å². The zero-order chi connectivity index (χ0) is 28.1. The Kier molecular flexibility index (Phi) is 4.51. The van der Waals surface area contributed by atoms with Crippen molar-refractivity contribution in [2.45, 2.75) is 0 Å². The lowest BCUT2D eigenvalue weighted by molar-refractivity contribution is 0.669. The maximum absolute atomic E-state index is 6.27. The Labute approximate surface area is 247 Å². The van der Waals surface area contributed by atoms with E-state index in [4.69, 9.17) is 4.42 Å². The molecule has 0 amide bonds. The summed E-state index contributed by atoms with van der Waals surface area (Å²) in [5.74, 6) is 0. The monoisotopic (exact) mass is 544 g/mol. The standard InChI is InChI=1S/C42H24O/c1-2-8-29-27(7-1)23-38(32-10-4-3-9-31(29)32)33-19-14-26-15-21-36-30(18-13-25-16-22-37(33)42(26)41(25)36)28-17-20-35-34-11-5-6-12-39(34)43-40(35)24-28/h1-24H. The quantitative estimate of drug-likeness (QED) is 0.197. The molecule has 9 aromatic carbocycles. The molecule has 0 spiro atoms. The van der Waals surface area contributed by atoms with Crippen LogP contribution in [0, 0.1) is 0 Å². The van der Waals surface area contributed by atoms with Crippen molar-refractivity contribution in [1.82, 2.24) is 0 Å². The van der Waals surface area contributed by atoms with E-state index in [2.05, 4.69) is 133 Å². The van der Waals surface area contributed by atoms with Gasteiger partial charge in [0.05, 0.1) is 0 Å². The molecular weight excluding hydrogens is 520 g/mol. The molecule has 198 valence electrons. The SMILES string of the molecule is c1ccc2c(c1)cc(-c1ccc3ccc4c(-c5ccc6c(c5)oc5ccccc56)ccc5ccc1c3c54)c1ccccc12. The average Bonchev–Trinajstić information content (AvgIpc) is 3.44. The molecule has 0 saturated heterocycles. The van der Waals surface area contributed by atoms with Gasteiger partial charge in [-0.25, -0.2) is 0 Å². The Bertz CT molecular complexity index is 2730. The second kappa shape index (κ2) is 8.44. The molecule has 0 aliphatic rings. The summed E-state index contributed by atoms with van der Waals surface area (Å²) >= 11 is 0. The lowest BCUT2D eigenvalue weighted by atomic mass is 9.85. The molecule has 10 rings (SSSR count). The lowest BCUT2D eigenvalue weighted by Gasteiger charge is -2.18. The normalized spacial score (nSPS) is 12.2. The Morgan fingerprint density at radius 2 is 0.884 bits per heavy atom. The first kappa shape index (κ1) is 23.0. The van der Waals surface area contributed by atoms with Crippen molar-refractivity contribution >= 4 is 75.8 Å². The number of furan rings is 1. The predicted molar refractivity (Wildman–Crippen MR) is 183 cm³/mol. The zero-order valence-corrected chi connectivity index (χ0v) is 23.3. The van der Waals surface area contributed by atoms with E-state index >= 15 is 0 Å². The summed E-state index contributed by atoms with van der Waals surface area (Å²) in [6, 6.07) is 53.2. The Balaban J connectivity index is 1.26. The molecule has 0 unspecified atom stereocenters. The molecule has 0 N–H and O–H groups in total. The summed E-state index contributed by atoms with van der Waals surface area (Å²) in [4.78, 5) is 0. The fourth-order valence-corrected chi connectivity index (χ4v) is 7.46. The average molecular weight is 545 g/mol. The largest absolute Gasteiger partial charge is 0.456 e. The first-order valence-corrected chi connectivity index (χ1v) is 14.8. The Morgan fingerprint density at radius 3 is 1.70 bits per heavy atom. The first-order valence-electron chi connectivity index (χ1n) is 14.8. The lowest BCUT2D eigenvalue weighted by Crippen LogP contribution is -1.90. The summed E-state index contributed by atoms with van der Waals surface area (Å²) in [6.07, 6.45) is 0. The third-order valence-corrected chi connectivity index (χ3v) is 9.41. The number of para-hydroxylation sites is 1. The van der Waals surface area contributed by atoms with Crippen LogP contribution in [0.4, 0.5) is 0 Å². The van der Waals surface area contributed by atoms with Gasteiger partial charge < -0.3 is 4.42 Å². The summed E-state index contributed by atoms with van der Waals surface area (Å²) in [5.41, 5.74) is 6.81. The van der Waals surface area contributed by atoms with E-state index < -0.39 is 0 Å². The topological polar surface area (TPSA) is 13.1 Å². The van der Waals surface area contributed by atoms with E-state index in [-0.39, 0.29) is 0 Å². The van der Waals surface area contributed by atoms with E-state index in [1.807, 2.05) is 12.1 Å². The predicted octanol–water partition coefficient (Wildman–Crippen LogP) is 12.1. The van der Waals surface area contributed by atoms with Gasteiger partial charge in [-0.15, -0.1) is 0 Å². The van der Waals surface area contributed by atoms with Crippen LogP contribution in [0.15, 0.2) is 150 Å². The van der Waals surface area contributed by atoms with E-state index in [0.717, 1.165) is 21.9 Å². The molecule has 0 aliphatic carbocycles. The van der Waals surface area contributed by atoms with E-state index in [1.54, 1.807) is 0 Å². The number of hydrogen-bond acceptors (Lipinski definition) is 1. The molecule has 1 nitrogen and oxygen atoms in total. The molecule has 0 radical (unpaired) electrons. The number of rotatable bonds is 2. The highest BCUT2D eigenvalue weighted by atomic mass is 16.3. The van der Waals surface area contributed by atoms with Gasteiger partial charge in [0.1, 0.15) is 11.2 Å². The van der Waals surface area contributed by atoms with Crippen LogP contribution in [-0.2, 0) is 0 Å². The minimum atomic E-state index is 0.926. The number of fused-ring (bicyclic) bond motifs is 6. The molecule has 0 saturated carbocycles. The van der Waals surface area contributed by atoms with Gasteiger partial charge in [-0.1, -0.05) is 121 Å². The number of benzene rings is 9. The summed E-state index contributed by atoms with van der Waals surface area (Å²) in [7, 11) is 0. The van der Waals surface area contributed by atoms with Crippen molar-refractivity contribution in [3.05, 3.63) is 146 Å². The fraction of sp³-hybridized carbons (Fsp3) is 0. The molecule has 43 heavy (non-hydrogen) atoms. The van der Waals surface area contributed by atoms with Crippen LogP contribution in [0.25, 0.3) is 98.1 Å². The third kappa shape index (κ3) is 3.17. The van der Waals surface area contributed by atoms with Gasteiger partial charge in [0.2, 0.25) is 0 Å². The minimum absolute atomic E-state index is 0.926. The molecule has 1 heterocycles. The van der Waals surface area contributed by atoms with Crippen LogP contribution in [0.3, 0.4) is 0 Å². The molecule has 0 fully saturated rings. The smallest absolute Gasteiger partial charge is 0.136 e. The highest BCUT2D eigenvalue weighted by molar-refractivity contribution is 6.29. The van der Waals surface area contributed by atoms with Gasteiger partial charge in [0.25, 0.3) is 0 Å². The summed E-state index contributed by atoms with van der Waals surface area (Å²) in [5, 5.41) is 15.2. The molecule has 1 aromatic heterocycles. The molecule has 10 aromatic rings. The first-order chi connectivity index (χ1) is 21.3. The van der Waals surface area contributed by atoms with Gasteiger partial charge in [0, 0.05) is 10.8 Å². The third-order valence-electron chi connectivity index (χ3n) is 9.41. The molecule has 0 bridgehead atoms. The number of hydrogen-bond donors (Lipinski definition) is 0. The van der Waals surface area contributed by atoms with Crippen LogP contribution in [0.1, 0.15) is 0 Å². The Morgan fingerprint density at radius 1 is 0.302 bits per heavy atom. The van der Waals surface area contributed by atoms with Crippen LogP contribution in [-0.4, -0.2) is 0 Å². The minimum Gasteiger partial charge on any atom is -0.456 e. The molecule has 1 heteroatoms. The maximum atomic E-state index is 6.27. The second-order valence-electron chi connectivity index (χ2n) is 11.6. The Hall–Kier alpha value is -5.66. The second-order valence-corrected chi connectivity index (χ2v) is 11.6. The zero-order valence-electron chi connectivity index (χ0n) is 23.3. The molecular formula is C42H24O. The van der Waals surface area contributed by atoms with Crippen LogP contribution < -0.4 is 0 Å². The van der Waals surface area contributed by atoms with Crippen molar-refractivity contribution < 1.29 is 4.42 Å². The summed E-state index contributed by atoms with van der Waals surface area (Å²) < 4.78 is 6.27. The summed E-state index contributed by atoms with van der Waals surface area (Å²) in [6.45, 7) is 0. The van der Waals surface area contributed by atoms with Crippen LogP contribution in [0.5, 0.6) is 0 Å². The highest BCUT2D eigenvalue weighted by Crippen LogP contribution is 2.45. The van der Waals surface area contributed by atoms with Crippen molar-refractivity contribution in [1.29, 1.82) is 0 Å². The van der Waals surface area contributed by atoms with Crippen molar-refractivity contribution in [2.24, 2.45) is 0 Å². The van der Waals surface area contributed by atoms with Crippen molar-refractivity contribution in [3.63, 3.8) is 0 Å².